The molecule has 0 heterocycles. The topological polar surface area (TPSA) is 133 Å². The third-order valence-corrected chi connectivity index (χ3v) is 2.54. The van der Waals surface area contributed by atoms with Crippen LogP contribution in [-0.4, -0.2) is 38.6 Å². The van der Waals surface area contributed by atoms with Crippen LogP contribution in [0.3, 0.4) is 0 Å². The maximum Gasteiger partial charge on any atom is 0.236 e. The Bertz CT molecular complexity index is 172. The Balaban J connectivity index is 4.36. The van der Waals surface area contributed by atoms with Gasteiger partial charge in [-0.2, -0.15) is 0 Å². The molecule has 0 aliphatic carbocycles. The van der Waals surface area contributed by atoms with Crippen LogP contribution in [0.1, 0.15) is 6.42 Å². The van der Waals surface area contributed by atoms with Gasteiger partial charge < -0.3 is 28.3 Å². The van der Waals surface area contributed by atoms with E-state index in [2.05, 4.69) is 5.32 Å². The summed E-state index contributed by atoms with van der Waals surface area (Å²) in [7, 11) is 1.54. The Kier molecular flexibility index (Phi) is 5.63. The van der Waals surface area contributed by atoms with Gasteiger partial charge in [0.15, 0.2) is 0 Å². The van der Waals surface area contributed by atoms with Crippen molar-refractivity contribution in [3.63, 3.8) is 0 Å². The van der Waals surface area contributed by atoms with E-state index in [-0.39, 0.29) is 5.91 Å². The first-order valence-electron chi connectivity index (χ1n) is 4.62. The number of rotatable bonds is 6. The molecule has 0 rings (SSSR count). The lowest BCUT2D eigenvalue weighted by atomic mass is 9.81. The molecule has 0 bridgehead atoms. The molecule has 0 fully saturated rings. The molecule has 0 aliphatic heterocycles. The van der Waals surface area contributed by atoms with Crippen molar-refractivity contribution in [1.82, 2.24) is 5.32 Å². The third kappa shape index (κ3) is 3.22. The van der Waals surface area contributed by atoms with E-state index in [1.54, 1.807) is 0 Å². The molecule has 0 aliphatic rings. The summed E-state index contributed by atoms with van der Waals surface area (Å²) in [5, 5.41) is 2.47. The largest absolute Gasteiger partial charge is 0.358 e. The van der Waals surface area contributed by atoms with E-state index in [4.69, 9.17) is 22.9 Å². The van der Waals surface area contributed by atoms with Crippen molar-refractivity contribution in [3.05, 3.63) is 0 Å². The maximum absolute atomic E-state index is 11.2. The van der Waals surface area contributed by atoms with Gasteiger partial charge in [-0.3, -0.25) is 4.79 Å². The average Bonchev–Trinajstić information content (AvgIpc) is 2.24. The van der Waals surface area contributed by atoms with Crippen LogP contribution in [0, 0.1) is 5.41 Å². The Labute approximate surface area is 84.4 Å². The number of amides is 1. The minimum absolute atomic E-state index is 0.218. The fraction of sp³-hybridized carbons (Fsp3) is 0.875. The molecule has 84 valence electrons. The van der Waals surface area contributed by atoms with Gasteiger partial charge in [-0.15, -0.1) is 0 Å². The van der Waals surface area contributed by atoms with Crippen LogP contribution in [0.4, 0.5) is 0 Å². The van der Waals surface area contributed by atoms with Crippen LogP contribution in [0.5, 0.6) is 0 Å². The molecule has 1 amide bonds. The van der Waals surface area contributed by atoms with Crippen molar-refractivity contribution >= 4 is 5.91 Å². The summed E-state index contributed by atoms with van der Waals surface area (Å²) in [5.41, 5.74) is 22.0. The van der Waals surface area contributed by atoms with Crippen LogP contribution in [-0.2, 0) is 4.79 Å². The molecule has 0 spiro atoms. The molecule has 0 aromatic rings. The first-order chi connectivity index (χ1) is 6.55. The van der Waals surface area contributed by atoms with Crippen molar-refractivity contribution in [2.75, 3.05) is 26.7 Å². The Morgan fingerprint density at radius 1 is 1.29 bits per heavy atom. The van der Waals surface area contributed by atoms with E-state index < -0.39 is 11.5 Å². The highest BCUT2D eigenvalue weighted by molar-refractivity contribution is 5.81. The van der Waals surface area contributed by atoms with E-state index in [1.165, 1.54) is 7.05 Å². The monoisotopic (exact) mass is 203 g/mol. The van der Waals surface area contributed by atoms with Crippen molar-refractivity contribution in [2.45, 2.75) is 12.5 Å². The van der Waals surface area contributed by atoms with E-state index in [0.717, 1.165) is 0 Å². The number of nitrogens with one attached hydrogen (secondary N) is 1. The maximum atomic E-state index is 11.2. The van der Waals surface area contributed by atoms with Crippen molar-refractivity contribution < 1.29 is 4.79 Å². The minimum Gasteiger partial charge on any atom is -0.358 e. The van der Waals surface area contributed by atoms with Gasteiger partial charge in [0.05, 0.1) is 6.04 Å². The van der Waals surface area contributed by atoms with E-state index >= 15 is 0 Å². The molecule has 14 heavy (non-hydrogen) atoms. The Morgan fingerprint density at radius 3 is 2.00 bits per heavy atom. The van der Waals surface area contributed by atoms with Crippen molar-refractivity contribution in [1.29, 1.82) is 0 Å². The van der Waals surface area contributed by atoms with Crippen molar-refractivity contribution in [2.24, 2.45) is 28.3 Å². The van der Waals surface area contributed by atoms with E-state index in [0.29, 0.717) is 26.1 Å². The fourth-order valence-electron chi connectivity index (χ4n) is 1.24. The molecule has 0 saturated heterocycles. The lowest BCUT2D eigenvalue weighted by molar-refractivity contribution is -0.122. The van der Waals surface area contributed by atoms with Gasteiger partial charge >= 0.3 is 0 Å². The van der Waals surface area contributed by atoms with E-state index in [1.807, 2.05) is 0 Å². The minimum atomic E-state index is -0.601. The van der Waals surface area contributed by atoms with E-state index in [9.17, 15) is 4.79 Å². The van der Waals surface area contributed by atoms with Gasteiger partial charge in [0, 0.05) is 32.1 Å². The highest BCUT2D eigenvalue weighted by Crippen LogP contribution is 2.18. The summed E-state index contributed by atoms with van der Waals surface area (Å²) in [6.07, 6.45) is 0.413. The Morgan fingerprint density at radius 2 is 1.71 bits per heavy atom. The summed E-state index contributed by atoms with van der Waals surface area (Å²) in [5.74, 6) is -0.218. The van der Waals surface area contributed by atoms with Crippen LogP contribution < -0.4 is 28.3 Å². The molecule has 0 aromatic heterocycles. The number of carbonyl (C=O) groups is 1. The van der Waals surface area contributed by atoms with Gasteiger partial charge in [0.2, 0.25) is 5.91 Å². The molecule has 0 aromatic carbocycles. The summed E-state index contributed by atoms with van der Waals surface area (Å²) in [6.45, 7) is 1.01. The lowest BCUT2D eigenvalue weighted by Gasteiger charge is -2.31. The predicted octanol–water partition coefficient (Wildman–Crippen LogP) is -2.69. The number of carbonyl (C=O) groups excluding carboxylic acids is 1. The molecule has 1 unspecified atom stereocenters. The molecule has 0 radical (unpaired) electrons. The van der Waals surface area contributed by atoms with Gasteiger partial charge in [0.1, 0.15) is 0 Å². The van der Waals surface area contributed by atoms with Crippen molar-refractivity contribution in [3.8, 4) is 0 Å². The Hall–Kier alpha value is -0.690. The van der Waals surface area contributed by atoms with Gasteiger partial charge in [-0.05, 0) is 6.42 Å². The summed E-state index contributed by atoms with van der Waals surface area (Å²) < 4.78 is 0. The van der Waals surface area contributed by atoms with Crippen LogP contribution in [0.25, 0.3) is 0 Å². The normalized spacial score (nSPS) is 13.8. The molecular formula is C8H21N5O. The second kappa shape index (κ2) is 5.92. The molecule has 6 heteroatoms. The smallest absolute Gasteiger partial charge is 0.236 e. The lowest BCUT2D eigenvalue weighted by Crippen LogP contribution is -2.51. The zero-order valence-electron chi connectivity index (χ0n) is 8.62. The SMILES string of the molecule is CNC(=O)C(N)CC(CN)(CN)CN. The van der Waals surface area contributed by atoms with Crippen LogP contribution in [0.2, 0.25) is 0 Å². The second-order valence-corrected chi connectivity index (χ2v) is 3.54. The number of likely N-dealkylation sites (N-methyl/N-ethyl adjacent to an activating group) is 1. The zero-order chi connectivity index (χ0) is 11.2. The summed E-state index contributed by atoms with van der Waals surface area (Å²) >= 11 is 0. The zero-order valence-corrected chi connectivity index (χ0v) is 8.62. The molecular weight excluding hydrogens is 182 g/mol. The molecule has 6 nitrogen and oxygen atoms in total. The number of hydrogen-bond donors (Lipinski definition) is 5. The average molecular weight is 203 g/mol. The fourth-order valence-corrected chi connectivity index (χ4v) is 1.24. The third-order valence-electron chi connectivity index (χ3n) is 2.54. The van der Waals surface area contributed by atoms with Gasteiger partial charge in [-0.25, -0.2) is 0 Å². The van der Waals surface area contributed by atoms with Crippen LogP contribution >= 0.6 is 0 Å². The second-order valence-electron chi connectivity index (χ2n) is 3.54. The van der Waals surface area contributed by atoms with Gasteiger partial charge in [-0.1, -0.05) is 0 Å². The standard InChI is InChI=1S/C8H21N5O/c1-13-7(14)6(12)2-8(3-9,4-10)5-11/h6H,2-5,9-12H2,1H3,(H,13,14). The highest BCUT2D eigenvalue weighted by Gasteiger charge is 2.30. The molecule has 0 saturated carbocycles. The highest BCUT2D eigenvalue weighted by atomic mass is 16.2. The first kappa shape index (κ1) is 13.3. The first-order valence-corrected chi connectivity index (χ1v) is 4.62. The molecule has 1 atom stereocenters. The van der Waals surface area contributed by atoms with Crippen LogP contribution in [0.15, 0.2) is 0 Å². The molecule has 9 N–H and O–H groups in total. The predicted molar refractivity (Wildman–Crippen MR) is 56.3 cm³/mol. The quantitative estimate of drug-likeness (QED) is 0.320. The van der Waals surface area contributed by atoms with Gasteiger partial charge in [0.25, 0.3) is 0 Å². The summed E-state index contributed by atoms with van der Waals surface area (Å²) in [6, 6.07) is -0.601. The number of nitrogens with two attached hydrogens (primary N) is 4. The summed E-state index contributed by atoms with van der Waals surface area (Å²) in [4.78, 5) is 11.2. The number of hydrogen-bond acceptors (Lipinski definition) is 5.